The highest BCUT2D eigenvalue weighted by molar-refractivity contribution is 5.84. The zero-order chi connectivity index (χ0) is 32.6. The highest BCUT2D eigenvalue weighted by Gasteiger charge is 2.18. The SMILES string of the molecule is C=CC(=C\CCC)/C(=C\C(=C/C)C(\C=N)=C\C(C)CC)/C=C(\C)NC.C=Cc1ccnc(N2CCC(NC)CC2)c1.CC. The summed E-state index contributed by atoms with van der Waals surface area (Å²) in [5.74, 6) is 1.53. The molecule has 3 N–H and O–H groups in total. The minimum absolute atomic E-state index is 0.451. The van der Waals surface area contributed by atoms with Crippen molar-refractivity contribution in [3.8, 4) is 0 Å². The Labute approximate surface area is 264 Å². The van der Waals surface area contributed by atoms with E-state index >= 15 is 0 Å². The van der Waals surface area contributed by atoms with E-state index in [1.165, 1.54) is 19.1 Å². The number of nitrogens with zero attached hydrogens (tertiary/aromatic N) is 2. The van der Waals surface area contributed by atoms with Crippen LogP contribution in [0.25, 0.3) is 6.08 Å². The molecule has 1 fully saturated rings. The predicted octanol–water partition coefficient (Wildman–Crippen LogP) is 9.46. The molecule has 0 saturated carbocycles. The maximum Gasteiger partial charge on any atom is 0.129 e. The predicted molar refractivity (Wildman–Crippen MR) is 194 cm³/mol. The Morgan fingerprint density at radius 1 is 1.09 bits per heavy atom. The highest BCUT2D eigenvalue weighted by Crippen LogP contribution is 2.23. The second-order valence-electron chi connectivity index (χ2n) is 10.4. The second-order valence-corrected chi connectivity index (χ2v) is 10.4. The van der Waals surface area contributed by atoms with E-state index in [1.807, 2.05) is 59.3 Å². The maximum absolute atomic E-state index is 7.82. The van der Waals surface area contributed by atoms with Gasteiger partial charge in [0.1, 0.15) is 5.82 Å². The smallest absolute Gasteiger partial charge is 0.129 e. The molecule has 1 aliphatic rings. The number of aromatic nitrogens is 1. The molecule has 1 aromatic heterocycles. The molecule has 0 spiro atoms. The molecule has 0 radical (unpaired) electrons. The molecule has 1 aliphatic heterocycles. The van der Waals surface area contributed by atoms with Gasteiger partial charge in [-0.3, -0.25) is 0 Å². The van der Waals surface area contributed by atoms with Gasteiger partial charge in [-0.05, 0) is 98.2 Å². The van der Waals surface area contributed by atoms with Gasteiger partial charge >= 0.3 is 0 Å². The van der Waals surface area contributed by atoms with Gasteiger partial charge in [0.05, 0.1) is 0 Å². The average Bonchev–Trinajstić information content (AvgIpc) is 3.07. The van der Waals surface area contributed by atoms with Gasteiger partial charge in [0.15, 0.2) is 0 Å². The maximum atomic E-state index is 7.82. The molecule has 43 heavy (non-hydrogen) atoms. The van der Waals surface area contributed by atoms with Gasteiger partial charge in [-0.1, -0.05) is 91.0 Å². The summed E-state index contributed by atoms with van der Waals surface area (Å²) in [6, 6.07) is 4.75. The standard InChI is InChI=1S/C23H36N2.C13H19N3.C2H6/c1-8-12-13-20(10-3)22(15-19(6)25-7)16-21(11-4)23(17-24)14-18(5)9-2;1-3-11-4-7-15-13(10-11)16-8-5-12(14-2)6-9-16;1-2/h10-11,13-18,24-25H,3,8-9,12H2,1-2,4-7H3;3-4,7,10,12,14H,1,5-6,8-9H2,2H3;1-2H3/b19-15+,20-13+,21-11+,22-16-,23-14+,24-17?;;. The van der Waals surface area contributed by atoms with Crippen molar-refractivity contribution in [3.63, 3.8) is 0 Å². The lowest BCUT2D eigenvalue weighted by Crippen LogP contribution is -2.41. The Kier molecular flexibility index (Phi) is 22.1. The number of rotatable bonds is 14. The van der Waals surface area contributed by atoms with Crippen molar-refractivity contribution in [2.24, 2.45) is 5.92 Å². The van der Waals surface area contributed by atoms with Crippen LogP contribution >= 0.6 is 0 Å². The summed E-state index contributed by atoms with van der Waals surface area (Å²) >= 11 is 0. The summed E-state index contributed by atoms with van der Waals surface area (Å²) < 4.78 is 0. The molecule has 0 aromatic carbocycles. The number of hydrogen-bond donors (Lipinski definition) is 3. The van der Waals surface area contributed by atoms with Crippen LogP contribution in [0, 0.1) is 11.3 Å². The first-order valence-corrected chi connectivity index (χ1v) is 16.1. The van der Waals surface area contributed by atoms with Gasteiger partial charge in [0.25, 0.3) is 0 Å². The Bertz CT molecular complexity index is 1110. The van der Waals surface area contributed by atoms with Crippen molar-refractivity contribution < 1.29 is 0 Å². The monoisotopic (exact) mass is 587 g/mol. The molecule has 0 amide bonds. The van der Waals surface area contributed by atoms with Gasteiger partial charge in [-0.2, -0.15) is 0 Å². The van der Waals surface area contributed by atoms with Crippen LogP contribution in [0.3, 0.4) is 0 Å². The Morgan fingerprint density at radius 3 is 2.26 bits per heavy atom. The molecule has 238 valence electrons. The third-order valence-corrected chi connectivity index (χ3v) is 7.42. The molecular formula is C38H61N5. The largest absolute Gasteiger partial charge is 0.392 e. The van der Waals surface area contributed by atoms with E-state index in [2.05, 4.69) is 97.8 Å². The lowest BCUT2D eigenvalue weighted by molar-refractivity contribution is 0.441. The fourth-order valence-electron chi connectivity index (χ4n) is 4.42. The molecular weight excluding hydrogens is 526 g/mol. The first kappa shape index (κ1) is 39.6. The summed E-state index contributed by atoms with van der Waals surface area (Å²) in [5, 5.41) is 14.3. The van der Waals surface area contributed by atoms with Crippen molar-refractivity contribution >= 4 is 18.1 Å². The Balaban J connectivity index is 0.000000835. The topological polar surface area (TPSA) is 64.0 Å². The van der Waals surface area contributed by atoms with Gasteiger partial charge in [0, 0.05) is 44.3 Å². The minimum Gasteiger partial charge on any atom is -0.392 e. The zero-order valence-electron chi connectivity index (χ0n) is 28.8. The number of piperidine rings is 1. The first-order valence-electron chi connectivity index (χ1n) is 16.1. The van der Waals surface area contributed by atoms with Crippen molar-refractivity contribution in [1.29, 1.82) is 5.41 Å². The molecule has 2 rings (SSSR count). The molecule has 1 saturated heterocycles. The van der Waals surface area contributed by atoms with E-state index in [9.17, 15) is 0 Å². The average molecular weight is 588 g/mol. The van der Waals surface area contributed by atoms with Gasteiger partial charge in [0.2, 0.25) is 0 Å². The molecule has 0 bridgehead atoms. The summed E-state index contributed by atoms with van der Waals surface area (Å²) in [4.78, 5) is 6.77. The van der Waals surface area contributed by atoms with Crippen molar-refractivity contribution in [2.45, 2.75) is 86.6 Å². The molecule has 2 heterocycles. The number of hydrogen-bond acceptors (Lipinski definition) is 5. The molecule has 0 aliphatic carbocycles. The summed E-state index contributed by atoms with van der Waals surface area (Å²) in [6.07, 6.45) is 23.4. The Hall–Kier alpha value is -3.44. The molecule has 5 nitrogen and oxygen atoms in total. The number of unbranched alkanes of at least 4 members (excludes halogenated alkanes) is 1. The van der Waals surface area contributed by atoms with Crippen molar-refractivity contribution in [1.82, 2.24) is 15.6 Å². The van der Waals surface area contributed by atoms with Gasteiger partial charge < -0.3 is 20.9 Å². The quantitative estimate of drug-likeness (QED) is 0.150. The molecule has 1 unspecified atom stereocenters. The van der Waals surface area contributed by atoms with E-state index in [-0.39, 0.29) is 0 Å². The van der Waals surface area contributed by atoms with Crippen LogP contribution in [0.5, 0.6) is 0 Å². The minimum atomic E-state index is 0.451. The summed E-state index contributed by atoms with van der Waals surface area (Å²) in [7, 11) is 3.96. The lowest BCUT2D eigenvalue weighted by atomic mass is 9.95. The Morgan fingerprint density at radius 2 is 1.77 bits per heavy atom. The lowest BCUT2D eigenvalue weighted by Gasteiger charge is -2.32. The molecule has 1 aromatic rings. The number of allylic oxidation sites excluding steroid dienone is 11. The number of anilines is 1. The van der Waals surface area contributed by atoms with Gasteiger partial charge in [-0.15, -0.1) is 0 Å². The van der Waals surface area contributed by atoms with Crippen LogP contribution in [-0.2, 0) is 0 Å². The van der Waals surface area contributed by atoms with Crippen LogP contribution < -0.4 is 15.5 Å². The van der Waals surface area contributed by atoms with Crippen LogP contribution in [0.15, 0.2) is 95.9 Å². The summed E-state index contributed by atoms with van der Waals surface area (Å²) in [5.41, 5.74) is 6.50. The van der Waals surface area contributed by atoms with E-state index in [0.29, 0.717) is 12.0 Å². The normalized spacial score (nSPS) is 15.8. The third kappa shape index (κ3) is 15.0. The summed E-state index contributed by atoms with van der Waals surface area (Å²) in [6.45, 7) is 24.5. The zero-order valence-corrected chi connectivity index (χ0v) is 28.8. The fraction of sp³-hybridized carbons (Fsp3) is 0.474. The van der Waals surface area contributed by atoms with Crippen LogP contribution in [0.1, 0.15) is 86.1 Å². The van der Waals surface area contributed by atoms with Crippen LogP contribution in [0.2, 0.25) is 0 Å². The molecule has 5 heteroatoms. The van der Waals surface area contributed by atoms with E-state index in [0.717, 1.165) is 71.7 Å². The van der Waals surface area contributed by atoms with E-state index in [4.69, 9.17) is 5.41 Å². The van der Waals surface area contributed by atoms with Crippen molar-refractivity contribution in [3.05, 3.63) is 101 Å². The van der Waals surface area contributed by atoms with Crippen molar-refractivity contribution in [2.75, 3.05) is 32.1 Å². The van der Waals surface area contributed by atoms with Crippen LogP contribution in [0.4, 0.5) is 5.82 Å². The first-order chi connectivity index (χ1) is 20.8. The van der Waals surface area contributed by atoms with Crippen LogP contribution in [-0.4, -0.2) is 44.4 Å². The third-order valence-electron chi connectivity index (χ3n) is 7.42. The number of nitrogens with one attached hydrogen (secondary N) is 3. The van der Waals surface area contributed by atoms with E-state index in [1.54, 1.807) is 0 Å². The highest BCUT2D eigenvalue weighted by atomic mass is 15.2. The second kappa shape index (κ2) is 24.0. The number of pyridine rings is 1. The fourth-order valence-corrected chi connectivity index (χ4v) is 4.42. The van der Waals surface area contributed by atoms with E-state index < -0.39 is 0 Å². The van der Waals surface area contributed by atoms with Gasteiger partial charge in [-0.25, -0.2) is 4.98 Å². The molecule has 1 atom stereocenters.